The van der Waals surface area contributed by atoms with Crippen LogP contribution in [0.4, 0.5) is 5.00 Å². The number of carboxylic acids is 1. The van der Waals surface area contributed by atoms with Crippen molar-refractivity contribution in [2.24, 2.45) is 0 Å². The minimum absolute atomic E-state index is 0.204. The highest BCUT2D eigenvalue weighted by Gasteiger charge is 2.13. The molecule has 20 heavy (non-hydrogen) atoms. The predicted octanol–water partition coefficient (Wildman–Crippen LogP) is 3.73. The molecule has 104 valence electrons. The number of carbonyl (C=O) groups excluding carboxylic acids is 1. The first-order valence-corrected chi connectivity index (χ1v) is 7.84. The van der Waals surface area contributed by atoms with Gasteiger partial charge in [-0.25, -0.2) is 4.79 Å². The normalized spacial score (nSPS) is 10.3. The quantitative estimate of drug-likeness (QED) is 0.845. The Balaban J connectivity index is 2.21. The molecular formula is C14H13NO3S2. The number of benzene rings is 1. The van der Waals surface area contributed by atoms with E-state index in [1.54, 1.807) is 17.8 Å². The van der Waals surface area contributed by atoms with Crippen LogP contribution in [0.15, 0.2) is 35.2 Å². The summed E-state index contributed by atoms with van der Waals surface area (Å²) in [5.74, 6) is -1.21. The van der Waals surface area contributed by atoms with E-state index in [4.69, 9.17) is 5.11 Å². The van der Waals surface area contributed by atoms with E-state index in [0.29, 0.717) is 10.6 Å². The van der Waals surface area contributed by atoms with Gasteiger partial charge in [0.25, 0.3) is 5.91 Å². The predicted molar refractivity (Wildman–Crippen MR) is 82.2 cm³/mol. The van der Waals surface area contributed by atoms with E-state index in [2.05, 4.69) is 5.32 Å². The molecule has 0 aliphatic carbocycles. The molecule has 0 radical (unpaired) electrons. The van der Waals surface area contributed by atoms with Crippen molar-refractivity contribution in [2.45, 2.75) is 11.8 Å². The fourth-order valence-corrected chi connectivity index (χ4v) is 2.85. The van der Waals surface area contributed by atoms with Gasteiger partial charge in [-0.15, -0.1) is 23.1 Å². The summed E-state index contributed by atoms with van der Waals surface area (Å²) in [7, 11) is 0. The van der Waals surface area contributed by atoms with Gasteiger partial charge in [0.1, 0.15) is 4.88 Å². The standard InChI is InChI=1S/C14H13NO3S2/c1-8-3-4-9(19-2)7-10(8)13(16)15-12-6-5-11(20-12)14(17)18/h3-7H,1-2H3,(H,15,16)(H,17,18). The van der Waals surface area contributed by atoms with E-state index in [1.165, 1.54) is 6.07 Å². The lowest BCUT2D eigenvalue weighted by Gasteiger charge is -2.07. The fraction of sp³-hybridized carbons (Fsp3) is 0.143. The van der Waals surface area contributed by atoms with Crippen molar-refractivity contribution in [2.75, 3.05) is 11.6 Å². The first-order chi connectivity index (χ1) is 9.51. The zero-order valence-electron chi connectivity index (χ0n) is 11.0. The molecule has 2 aromatic rings. The van der Waals surface area contributed by atoms with Crippen LogP contribution in [0.5, 0.6) is 0 Å². The molecule has 1 amide bonds. The van der Waals surface area contributed by atoms with Crippen LogP contribution < -0.4 is 5.32 Å². The molecule has 0 saturated carbocycles. The molecule has 0 saturated heterocycles. The first kappa shape index (κ1) is 14.6. The van der Waals surface area contributed by atoms with Crippen LogP contribution >= 0.6 is 23.1 Å². The average Bonchev–Trinajstić information content (AvgIpc) is 2.88. The van der Waals surface area contributed by atoms with Crippen LogP contribution in [0.25, 0.3) is 0 Å². The molecule has 4 nitrogen and oxygen atoms in total. The van der Waals surface area contributed by atoms with Crippen LogP contribution in [0.1, 0.15) is 25.6 Å². The maximum atomic E-state index is 12.2. The topological polar surface area (TPSA) is 66.4 Å². The molecular weight excluding hydrogens is 294 g/mol. The van der Waals surface area contributed by atoms with Crippen LogP contribution in [-0.4, -0.2) is 23.2 Å². The van der Waals surface area contributed by atoms with Crippen molar-refractivity contribution < 1.29 is 14.7 Å². The van der Waals surface area contributed by atoms with E-state index < -0.39 is 5.97 Å². The Bertz CT molecular complexity index is 664. The molecule has 0 atom stereocenters. The van der Waals surface area contributed by atoms with Gasteiger partial charge in [0.2, 0.25) is 0 Å². The number of thioether (sulfide) groups is 1. The largest absolute Gasteiger partial charge is 0.477 e. The maximum Gasteiger partial charge on any atom is 0.345 e. The minimum atomic E-state index is -0.990. The van der Waals surface area contributed by atoms with Gasteiger partial charge in [-0.05, 0) is 43.0 Å². The zero-order valence-corrected chi connectivity index (χ0v) is 12.6. The number of hydrogen-bond acceptors (Lipinski definition) is 4. The van der Waals surface area contributed by atoms with Crippen molar-refractivity contribution in [1.29, 1.82) is 0 Å². The number of aromatic carboxylic acids is 1. The Labute approximate surface area is 124 Å². The number of carboxylic acid groups (broad SMARTS) is 1. The Morgan fingerprint density at radius 1 is 1.25 bits per heavy atom. The number of anilines is 1. The third-order valence-corrected chi connectivity index (χ3v) is 4.46. The molecule has 2 N–H and O–H groups in total. The molecule has 2 rings (SSSR count). The fourth-order valence-electron chi connectivity index (χ4n) is 1.67. The van der Waals surface area contributed by atoms with Gasteiger partial charge in [0, 0.05) is 10.5 Å². The van der Waals surface area contributed by atoms with Gasteiger partial charge in [-0.3, -0.25) is 4.79 Å². The van der Waals surface area contributed by atoms with E-state index >= 15 is 0 Å². The third-order valence-electron chi connectivity index (χ3n) is 2.74. The highest BCUT2D eigenvalue weighted by Crippen LogP contribution is 2.24. The molecule has 6 heteroatoms. The number of aryl methyl sites for hydroxylation is 1. The number of carbonyl (C=O) groups is 2. The van der Waals surface area contributed by atoms with Gasteiger partial charge in [0.15, 0.2) is 0 Å². The number of amides is 1. The van der Waals surface area contributed by atoms with Crippen LogP contribution in [0.2, 0.25) is 0 Å². The summed E-state index contributed by atoms with van der Waals surface area (Å²) in [4.78, 5) is 24.2. The Morgan fingerprint density at radius 2 is 2.00 bits per heavy atom. The second-order valence-corrected chi connectivity index (χ2v) is 6.07. The Hall–Kier alpha value is -1.79. The zero-order chi connectivity index (χ0) is 14.7. The van der Waals surface area contributed by atoms with E-state index in [9.17, 15) is 9.59 Å². The van der Waals surface area contributed by atoms with Gasteiger partial charge in [0.05, 0.1) is 5.00 Å². The van der Waals surface area contributed by atoms with Gasteiger partial charge in [-0.1, -0.05) is 6.07 Å². The van der Waals surface area contributed by atoms with Gasteiger partial charge < -0.3 is 10.4 Å². The molecule has 0 bridgehead atoms. The Morgan fingerprint density at radius 3 is 2.60 bits per heavy atom. The molecule has 0 aliphatic rings. The lowest BCUT2D eigenvalue weighted by atomic mass is 10.1. The third kappa shape index (κ3) is 3.20. The monoisotopic (exact) mass is 307 g/mol. The van der Waals surface area contributed by atoms with Crippen LogP contribution in [0, 0.1) is 6.92 Å². The summed E-state index contributed by atoms with van der Waals surface area (Å²) >= 11 is 2.61. The van der Waals surface area contributed by atoms with E-state index in [-0.39, 0.29) is 10.8 Å². The smallest absolute Gasteiger partial charge is 0.345 e. The number of nitrogens with one attached hydrogen (secondary N) is 1. The molecule has 0 fully saturated rings. The van der Waals surface area contributed by atoms with E-state index in [0.717, 1.165) is 21.8 Å². The van der Waals surface area contributed by atoms with Crippen molar-refractivity contribution in [3.63, 3.8) is 0 Å². The maximum absolute atomic E-state index is 12.2. The van der Waals surface area contributed by atoms with Gasteiger partial charge >= 0.3 is 5.97 Å². The second-order valence-electron chi connectivity index (χ2n) is 4.10. The molecule has 1 heterocycles. The molecule has 1 aromatic heterocycles. The van der Waals surface area contributed by atoms with Gasteiger partial charge in [-0.2, -0.15) is 0 Å². The van der Waals surface area contributed by atoms with Crippen molar-refractivity contribution in [3.05, 3.63) is 46.3 Å². The average molecular weight is 307 g/mol. The highest BCUT2D eigenvalue weighted by atomic mass is 32.2. The molecule has 0 unspecified atom stereocenters. The van der Waals surface area contributed by atoms with Crippen LogP contribution in [0.3, 0.4) is 0 Å². The molecule has 1 aromatic carbocycles. The Kier molecular flexibility index (Phi) is 4.46. The lowest BCUT2D eigenvalue weighted by molar-refractivity contribution is 0.0702. The first-order valence-electron chi connectivity index (χ1n) is 5.80. The number of rotatable bonds is 4. The van der Waals surface area contributed by atoms with E-state index in [1.807, 2.05) is 31.4 Å². The second kappa shape index (κ2) is 6.11. The molecule has 0 spiro atoms. The summed E-state index contributed by atoms with van der Waals surface area (Å²) in [5.41, 5.74) is 1.48. The lowest BCUT2D eigenvalue weighted by Crippen LogP contribution is -2.12. The summed E-state index contributed by atoms with van der Waals surface area (Å²) in [5, 5.41) is 12.1. The minimum Gasteiger partial charge on any atom is -0.477 e. The summed E-state index contributed by atoms with van der Waals surface area (Å²) in [6.45, 7) is 1.87. The number of hydrogen-bond donors (Lipinski definition) is 2. The van der Waals surface area contributed by atoms with Crippen molar-refractivity contribution >= 4 is 40.0 Å². The van der Waals surface area contributed by atoms with Crippen molar-refractivity contribution in [1.82, 2.24) is 0 Å². The SMILES string of the molecule is CSc1ccc(C)c(C(=O)Nc2ccc(C(=O)O)s2)c1. The van der Waals surface area contributed by atoms with Crippen molar-refractivity contribution in [3.8, 4) is 0 Å². The highest BCUT2D eigenvalue weighted by molar-refractivity contribution is 7.98. The van der Waals surface area contributed by atoms with Crippen LogP contribution in [-0.2, 0) is 0 Å². The molecule has 0 aliphatic heterocycles. The summed E-state index contributed by atoms with van der Waals surface area (Å²) in [6, 6.07) is 8.77. The summed E-state index contributed by atoms with van der Waals surface area (Å²) in [6.07, 6.45) is 1.95. The summed E-state index contributed by atoms with van der Waals surface area (Å²) < 4.78 is 0. The number of thiophene rings is 1.